The summed E-state index contributed by atoms with van der Waals surface area (Å²) in [6, 6.07) is 19.2. The summed E-state index contributed by atoms with van der Waals surface area (Å²) < 4.78 is 49.4. The highest BCUT2D eigenvalue weighted by Crippen LogP contribution is 2.58. The third-order valence-corrected chi connectivity index (χ3v) is 14.0. The van der Waals surface area contributed by atoms with Crippen molar-refractivity contribution in [1.29, 1.82) is 0 Å². The number of rotatable bonds is 13. The van der Waals surface area contributed by atoms with Gasteiger partial charge in [0.05, 0.1) is 31.9 Å². The Morgan fingerprint density at radius 2 is 1.69 bits per heavy atom. The molecular formula is C46H51FN7O9P. The summed E-state index contributed by atoms with van der Waals surface area (Å²) in [6.45, 7) is 5.07. The molecule has 0 saturated carbocycles. The maximum atomic E-state index is 16.8. The topological polar surface area (TPSA) is 181 Å². The van der Waals surface area contributed by atoms with Gasteiger partial charge in [-0.25, -0.2) is 14.5 Å². The molecule has 3 aliphatic heterocycles. The normalized spacial score (nSPS) is 21.0. The van der Waals surface area contributed by atoms with Crippen LogP contribution >= 0.6 is 7.52 Å². The summed E-state index contributed by atoms with van der Waals surface area (Å²) in [5, 5.41) is 6.51. The molecule has 0 bridgehead atoms. The molecule has 3 aromatic carbocycles. The van der Waals surface area contributed by atoms with Crippen molar-refractivity contribution in [2.75, 3.05) is 46.0 Å². The molecule has 0 aliphatic carbocycles. The van der Waals surface area contributed by atoms with Crippen LogP contribution in [0.1, 0.15) is 71.9 Å². The summed E-state index contributed by atoms with van der Waals surface area (Å²) in [4.78, 5) is 79.2. The molecule has 5 aromatic rings. The molecule has 64 heavy (non-hydrogen) atoms. The van der Waals surface area contributed by atoms with Crippen LogP contribution < -0.4 is 14.9 Å². The summed E-state index contributed by atoms with van der Waals surface area (Å²) in [5.74, 6) is -4.55. The van der Waals surface area contributed by atoms with E-state index in [1.807, 2.05) is 13.0 Å². The molecule has 336 valence electrons. The molecule has 6 atom stereocenters. The Balaban J connectivity index is 1.08. The molecule has 8 rings (SSSR count). The largest absolute Gasteiger partial charge is 0.465 e. The second-order valence-electron chi connectivity index (χ2n) is 16.3. The minimum atomic E-state index is -4.53. The first-order valence-corrected chi connectivity index (χ1v) is 23.3. The van der Waals surface area contributed by atoms with Gasteiger partial charge in [-0.05, 0) is 91.4 Å². The van der Waals surface area contributed by atoms with Crippen molar-refractivity contribution in [2.45, 2.75) is 69.6 Å². The zero-order chi connectivity index (χ0) is 45.0. The van der Waals surface area contributed by atoms with Gasteiger partial charge < -0.3 is 38.4 Å². The van der Waals surface area contributed by atoms with E-state index >= 15 is 4.39 Å². The molecule has 2 aromatic heterocycles. The highest BCUT2D eigenvalue weighted by Gasteiger charge is 2.47. The van der Waals surface area contributed by atoms with Gasteiger partial charge in [-0.2, -0.15) is 0 Å². The predicted molar refractivity (Wildman–Crippen MR) is 234 cm³/mol. The van der Waals surface area contributed by atoms with Gasteiger partial charge in [-0.15, -0.1) is 0 Å². The third kappa shape index (κ3) is 9.37. The van der Waals surface area contributed by atoms with Gasteiger partial charge in [0.1, 0.15) is 30.2 Å². The number of carbonyl (C=O) groups is 5. The molecule has 0 spiro atoms. The minimum Gasteiger partial charge on any atom is -0.465 e. The third-order valence-electron chi connectivity index (χ3n) is 11.9. The van der Waals surface area contributed by atoms with Gasteiger partial charge in [0.15, 0.2) is 5.69 Å². The molecule has 4 amide bonds. The van der Waals surface area contributed by atoms with Gasteiger partial charge in [0.25, 0.3) is 11.8 Å². The number of morpholine rings is 1. The second kappa shape index (κ2) is 19.3. The lowest BCUT2D eigenvalue weighted by atomic mass is 10.0. The molecule has 3 aliphatic rings. The number of benzene rings is 3. The number of alkyl halides is 1. The molecule has 18 heteroatoms. The Kier molecular flexibility index (Phi) is 13.4. The van der Waals surface area contributed by atoms with Crippen molar-refractivity contribution < 1.29 is 46.9 Å². The summed E-state index contributed by atoms with van der Waals surface area (Å²) in [5.41, 5.74) is 0.881. The number of carbonyl (C=O) groups excluding carboxylic acids is 5. The van der Waals surface area contributed by atoms with Crippen LogP contribution in [0.2, 0.25) is 0 Å². The molecule has 0 radical (unpaired) electrons. The lowest BCUT2D eigenvalue weighted by molar-refractivity contribution is -0.149. The lowest BCUT2D eigenvalue weighted by Gasteiger charge is -2.40. The molecule has 3 fully saturated rings. The van der Waals surface area contributed by atoms with Crippen molar-refractivity contribution in [3.8, 4) is 5.75 Å². The van der Waals surface area contributed by atoms with Crippen LogP contribution in [0.15, 0.2) is 97.5 Å². The Morgan fingerprint density at radius 3 is 2.47 bits per heavy atom. The molecule has 2 N–H and O–H groups in total. The van der Waals surface area contributed by atoms with E-state index in [1.165, 1.54) is 42.2 Å². The second-order valence-corrected chi connectivity index (χ2v) is 18.3. The van der Waals surface area contributed by atoms with E-state index in [1.54, 1.807) is 75.3 Å². The van der Waals surface area contributed by atoms with E-state index in [9.17, 15) is 28.5 Å². The molecule has 16 nitrogen and oxygen atoms in total. The Bertz CT molecular complexity index is 2590. The standard InChI is InChI=1S/C46H51FN7O9P/c1-3-23-62-46(59)30(2)50-64(60,63-36-9-5-4-6-10-36)41(47)32-14-12-31-13-15-33(27-34(31)26-32)42(55)49-37-28-52(45(58)40-38-11-7-8-19-53(38)29-48-40)20-18-35-16-17-39(54(35)43(37)56)44(57)51-21-24-61-25-22-51/h4-15,19,26-27,29-30,35,37,39,41H,3,16-18,20-25,28H2,1-2H3,(H,49,55)(H,50,60)/t30-,35+,37-,39-,41?,64?/m0/s1. The number of hydrogen-bond acceptors (Lipinski definition) is 10. The van der Waals surface area contributed by atoms with Gasteiger partial charge in [0, 0.05) is 37.4 Å². The summed E-state index contributed by atoms with van der Waals surface area (Å²) in [7, 11) is -4.53. The fourth-order valence-electron chi connectivity index (χ4n) is 8.58. The quantitative estimate of drug-likeness (QED) is 0.112. The average molecular weight is 896 g/mol. The van der Waals surface area contributed by atoms with E-state index in [-0.39, 0.29) is 54.2 Å². The molecule has 3 saturated heterocycles. The van der Waals surface area contributed by atoms with Crippen molar-refractivity contribution in [3.05, 3.63) is 114 Å². The van der Waals surface area contributed by atoms with Crippen molar-refractivity contribution in [2.24, 2.45) is 0 Å². The maximum absolute atomic E-state index is 16.8. The number of esters is 1. The predicted octanol–water partition coefficient (Wildman–Crippen LogP) is 5.52. The monoisotopic (exact) mass is 895 g/mol. The number of fused-ring (bicyclic) bond motifs is 3. The van der Waals surface area contributed by atoms with Crippen LogP contribution in [0.5, 0.6) is 5.75 Å². The number of para-hydroxylation sites is 1. The van der Waals surface area contributed by atoms with Crippen LogP contribution in [-0.2, 0) is 28.4 Å². The van der Waals surface area contributed by atoms with Crippen LogP contribution in [0.4, 0.5) is 4.39 Å². The first-order chi connectivity index (χ1) is 30.9. The van der Waals surface area contributed by atoms with Crippen molar-refractivity contribution >= 4 is 53.4 Å². The highest BCUT2D eigenvalue weighted by atomic mass is 31.2. The smallest absolute Gasteiger partial charge is 0.355 e. The van der Waals surface area contributed by atoms with E-state index < -0.39 is 55.2 Å². The number of amides is 4. The summed E-state index contributed by atoms with van der Waals surface area (Å²) >= 11 is 0. The number of nitrogens with one attached hydrogen (secondary N) is 2. The van der Waals surface area contributed by atoms with E-state index in [0.29, 0.717) is 68.3 Å². The minimum absolute atomic E-state index is 0.0434. The fraction of sp³-hybridized carbons (Fsp3) is 0.391. The first kappa shape index (κ1) is 44.4. The first-order valence-electron chi connectivity index (χ1n) is 21.6. The number of imidazole rings is 1. The Hall–Kier alpha value is -6.16. The number of ether oxygens (including phenoxy) is 2. The lowest BCUT2D eigenvalue weighted by Crippen LogP contribution is -2.61. The van der Waals surface area contributed by atoms with E-state index in [0.717, 1.165) is 0 Å². The van der Waals surface area contributed by atoms with Crippen molar-refractivity contribution in [1.82, 2.24) is 34.5 Å². The number of nitrogens with zero attached hydrogens (tertiary/aromatic N) is 5. The van der Waals surface area contributed by atoms with Crippen LogP contribution in [0.3, 0.4) is 0 Å². The zero-order valence-electron chi connectivity index (χ0n) is 35.6. The van der Waals surface area contributed by atoms with E-state index in [2.05, 4.69) is 15.4 Å². The average Bonchev–Trinajstić information content (AvgIpc) is 3.95. The Labute approximate surface area is 369 Å². The fourth-order valence-corrected chi connectivity index (χ4v) is 10.5. The maximum Gasteiger partial charge on any atom is 0.355 e. The van der Waals surface area contributed by atoms with Gasteiger partial charge >= 0.3 is 13.5 Å². The molecule has 5 heterocycles. The van der Waals surface area contributed by atoms with Crippen LogP contribution in [-0.4, -0.2) is 124 Å². The number of pyridine rings is 1. The van der Waals surface area contributed by atoms with Crippen LogP contribution in [0.25, 0.3) is 16.3 Å². The van der Waals surface area contributed by atoms with Crippen LogP contribution in [0, 0.1) is 0 Å². The number of halogens is 1. The zero-order valence-corrected chi connectivity index (χ0v) is 36.5. The summed E-state index contributed by atoms with van der Waals surface area (Å²) in [6.07, 6.45) is 5.31. The molecule has 2 unspecified atom stereocenters. The van der Waals surface area contributed by atoms with Gasteiger partial charge in [-0.3, -0.25) is 28.5 Å². The number of aromatic nitrogens is 2. The van der Waals surface area contributed by atoms with E-state index in [4.69, 9.17) is 14.0 Å². The number of hydrogen-bond donors (Lipinski definition) is 2. The van der Waals surface area contributed by atoms with Gasteiger partial charge in [0.2, 0.25) is 17.7 Å². The SMILES string of the molecule is CCCOC(=O)[C@H](C)NP(=O)(Oc1ccccc1)C(F)c1ccc2ccc(C(=O)N[C@H]3CN(C(=O)c4ncn5ccccc45)CC[C@H]4CC[C@@H](C(=O)N5CCOCC5)N4C3=O)cc2c1. The van der Waals surface area contributed by atoms with Gasteiger partial charge in [-0.1, -0.05) is 49.4 Å². The van der Waals surface area contributed by atoms with Crippen molar-refractivity contribution in [3.63, 3.8) is 0 Å². The molecular weight excluding hydrogens is 845 g/mol. The Morgan fingerprint density at radius 1 is 0.922 bits per heavy atom. The highest BCUT2D eigenvalue weighted by molar-refractivity contribution is 7.57.